The number of aliphatic carboxylic acids is 1. The zero-order chi connectivity index (χ0) is 15.0. The van der Waals surface area contributed by atoms with Crippen LogP contribution in [0, 0.1) is 5.82 Å². The standard InChI is InChI=1S/C13H16FNO5/c14-9-3-1-2-4-11(9)20-8-6-12(17)15-7-5-10(16)13(18)19/h1-4,10,16H,5-8H2,(H,15,17)(H,18,19)/t10-/m0/s1. The molecule has 1 aromatic rings. The summed E-state index contributed by atoms with van der Waals surface area (Å²) in [4.78, 5) is 21.7. The summed E-state index contributed by atoms with van der Waals surface area (Å²) in [6.45, 7) is 0.0558. The second-order valence-corrected chi connectivity index (χ2v) is 4.02. The molecule has 3 N–H and O–H groups in total. The van der Waals surface area contributed by atoms with Gasteiger partial charge in [-0.3, -0.25) is 4.79 Å². The number of amides is 1. The molecule has 0 spiro atoms. The van der Waals surface area contributed by atoms with Gasteiger partial charge in [0.2, 0.25) is 5.91 Å². The summed E-state index contributed by atoms with van der Waals surface area (Å²) < 4.78 is 18.3. The number of aliphatic hydroxyl groups is 1. The van der Waals surface area contributed by atoms with Gasteiger partial charge in [-0.25, -0.2) is 9.18 Å². The smallest absolute Gasteiger partial charge is 0.332 e. The molecule has 0 aromatic heterocycles. The van der Waals surface area contributed by atoms with Gasteiger partial charge in [-0.15, -0.1) is 0 Å². The lowest BCUT2D eigenvalue weighted by molar-refractivity contribution is -0.147. The summed E-state index contributed by atoms with van der Waals surface area (Å²) in [5, 5.41) is 19.8. The molecule has 0 aliphatic heterocycles. The summed E-state index contributed by atoms with van der Waals surface area (Å²) in [5.74, 6) is -2.12. The Balaban J connectivity index is 2.18. The van der Waals surface area contributed by atoms with Crippen LogP contribution in [0.5, 0.6) is 5.75 Å². The van der Waals surface area contributed by atoms with E-state index in [1.165, 1.54) is 18.2 Å². The SMILES string of the molecule is O=C(CCOc1ccccc1F)NCC[C@H](O)C(=O)O. The second kappa shape index (κ2) is 8.11. The van der Waals surface area contributed by atoms with E-state index in [0.29, 0.717) is 0 Å². The van der Waals surface area contributed by atoms with Crippen LogP contribution in [0.15, 0.2) is 24.3 Å². The summed E-state index contributed by atoms with van der Waals surface area (Å²) in [5.41, 5.74) is 0. The fourth-order valence-corrected chi connectivity index (χ4v) is 1.38. The highest BCUT2D eigenvalue weighted by Crippen LogP contribution is 2.15. The lowest BCUT2D eigenvalue weighted by atomic mass is 10.2. The average Bonchev–Trinajstić information content (AvgIpc) is 2.40. The van der Waals surface area contributed by atoms with E-state index in [1.54, 1.807) is 6.07 Å². The number of nitrogens with one attached hydrogen (secondary N) is 1. The maximum atomic E-state index is 13.2. The number of halogens is 1. The number of rotatable bonds is 8. The summed E-state index contributed by atoms with van der Waals surface area (Å²) in [7, 11) is 0. The first-order valence-electron chi connectivity index (χ1n) is 6.05. The van der Waals surface area contributed by atoms with Crippen molar-refractivity contribution in [2.75, 3.05) is 13.2 Å². The number of carboxylic acids is 1. The Morgan fingerprint density at radius 3 is 2.70 bits per heavy atom. The molecule has 20 heavy (non-hydrogen) atoms. The minimum atomic E-state index is -1.50. The van der Waals surface area contributed by atoms with Gasteiger partial charge in [0.25, 0.3) is 0 Å². The molecule has 1 aromatic carbocycles. The molecule has 0 heterocycles. The van der Waals surface area contributed by atoms with E-state index in [-0.39, 0.29) is 37.6 Å². The lowest BCUT2D eigenvalue weighted by Gasteiger charge is -2.09. The normalized spacial score (nSPS) is 11.7. The fraction of sp³-hybridized carbons (Fsp3) is 0.385. The molecule has 0 aliphatic carbocycles. The Morgan fingerprint density at radius 1 is 1.35 bits per heavy atom. The van der Waals surface area contributed by atoms with Gasteiger partial charge in [0.05, 0.1) is 13.0 Å². The van der Waals surface area contributed by atoms with E-state index in [2.05, 4.69) is 5.32 Å². The van der Waals surface area contributed by atoms with Crippen LogP contribution in [0.2, 0.25) is 0 Å². The Kier molecular flexibility index (Phi) is 6.45. The van der Waals surface area contributed by atoms with E-state index < -0.39 is 17.9 Å². The highest BCUT2D eigenvalue weighted by atomic mass is 19.1. The molecular formula is C13H16FNO5. The van der Waals surface area contributed by atoms with Crippen LogP contribution < -0.4 is 10.1 Å². The lowest BCUT2D eigenvalue weighted by Crippen LogP contribution is -2.30. The van der Waals surface area contributed by atoms with E-state index in [9.17, 15) is 14.0 Å². The fourth-order valence-electron chi connectivity index (χ4n) is 1.38. The number of carbonyl (C=O) groups is 2. The summed E-state index contributed by atoms with van der Waals surface area (Å²) in [6.07, 6.45) is -1.56. The van der Waals surface area contributed by atoms with Gasteiger partial charge in [0.15, 0.2) is 17.7 Å². The molecule has 0 bridgehead atoms. The predicted octanol–water partition coefficient (Wildman–Crippen LogP) is 0.546. The van der Waals surface area contributed by atoms with Crippen LogP contribution in [0.3, 0.4) is 0 Å². The van der Waals surface area contributed by atoms with Gasteiger partial charge >= 0.3 is 5.97 Å². The average molecular weight is 285 g/mol. The number of benzene rings is 1. The molecule has 0 saturated carbocycles. The molecule has 6 nitrogen and oxygen atoms in total. The molecule has 1 rings (SSSR count). The number of carboxylic acid groups (broad SMARTS) is 1. The molecule has 0 aliphatic rings. The van der Waals surface area contributed by atoms with E-state index >= 15 is 0 Å². The van der Waals surface area contributed by atoms with Gasteiger partial charge in [0.1, 0.15) is 0 Å². The van der Waals surface area contributed by atoms with Gasteiger partial charge in [0, 0.05) is 13.0 Å². The topological polar surface area (TPSA) is 95.9 Å². The second-order valence-electron chi connectivity index (χ2n) is 4.02. The Hall–Kier alpha value is -2.15. The van der Waals surface area contributed by atoms with Crippen molar-refractivity contribution < 1.29 is 28.9 Å². The van der Waals surface area contributed by atoms with Crippen LogP contribution in [-0.2, 0) is 9.59 Å². The number of aliphatic hydroxyl groups excluding tert-OH is 1. The predicted molar refractivity (Wildman–Crippen MR) is 67.8 cm³/mol. The molecule has 1 atom stereocenters. The highest BCUT2D eigenvalue weighted by Gasteiger charge is 2.12. The van der Waals surface area contributed by atoms with Crippen molar-refractivity contribution >= 4 is 11.9 Å². The van der Waals surface area contributed by atoms with Crippen molar-refractivity contribution in [3.63, 3.8) is 0 Å². The number of carbonyl (C=O) groups excluding carboxylic acids is 1. The molecule has 1 amide bonds. The number of hydrogen-bond donors (Lipinski definition) is 3. The highest BCUT2D eigenvalue weighted by molar-refractivity contribution is 5.76. The van der Waals surface area contributed by atoms with Crippen LogP contribution in [0.1, 0.15) is 12.8 Å². The number of para-hydroxylation sites is 1. The van der Waals surface area contributed by atoms with E-state index in [1.807, 2.05) is 0 Å². The Morgan fingerprint density at radius 2 is 2.05 bits per heavy atom. The monoisotopic (exact) mass is 285 g/mol. The third-order valence-corrected chi connectivity index (χ3v) is 2.45. The van der Waals surface area contributed by atoms with Crippen LogP contribution >= 0.6 is 0 Å². The zero-order valence-corrected chi connectivity index (χ0v) is 10.7. The first-order valence-corrected chi connectivity index (χ1v) is 6.05. The Bertz CT molecular complexity index is 466. The molecular weight excluding hydrogens is 269 g/mol. The van der Waals surface area contributed by atoms with Crippen molar-refractivity contribution in [1.29, 1.82) is 0 Å². The first-order chi connectivity index (χ1) is 9.50. The van der Waals surface area contributed by atoms with E-state index in [4.69, 9.17) is 14.9 Å². The van der Waals surface area contributed by atoms with Gasteiger partial charge in [-0.1, -0.05) is 12.1 Å². The van der Waals surface area contributed by atoms with Crippen LogP contribution in [-0.4, -0.2) is 41.3 Å². The minimum Gasteiger partial charge on any atom is -0.490 e. The maximum absolute atomic E-state index is 13.2. The van der Waals surface area contributed by atoms with Gasteiger partial charge < -0.3 is 20.3 Å². The molecule has 0 unspecified atom stereocenters. The van der Waals surface area contributed by atoms with Gasteiger partial charge in [-0.05, 0) is 12.1 Å². The molecule has 110 valence electrons. The van der Waals surface area contributed by atoms with Crippen LogP contribution in [0.25, 0.3) is 0 Å². The summed E-state index contributed by atoms with van der Waals surface area (Å²) >= 11 is 0. The van der Waals surface area contributed by atoms with Crippen molar-refractivity contribution in [3.8, 4) is 5.75 Å². The van der Waals surface area contributed by atoms with Crippen LogP contribution in [0.4, 0.5) is 4.39 Å². The molecule has 0 radical (unpaired) electrons. The number of hydrogen-bond acceptors (Lipinski definition) is 4. The summed E-state index contributed by atoms with van der Waals surface area (Å²) in [6, 6.07) is 5.85. The number of ether oxygens (including phenoxy) is 1. The van der Waals surface area contributed by atoms with E-state index in [0.717, 1.165) is 0 Å². The van der Waals surface area contributed by atoms with Crippen molar-refractivity contribution in [2.24, 2.45) is 0 Å². The first kappa shape index (κ1) is 15.9. The van der Waals surface area contributed by atoms with Crippen molar-refractivity contribution in [1.82, 2.24) is 5.32 Å². The van der Waals surface area contributed by atoms with Gasteiger partial charge in [-0.2, -0.15) is 0 Å². The third kappa shape index (κ3) is 5.66. The van der Waals surface area contributed by atoms with Crippen molar-refractivity contribution in [3.05, 3.63) is 30.1 Å². The quantitative estimate of drug-likeness (QED) is 0.648. The van der Waals surface area contributed by atoms with Crippen molar-refractivity contribution in [2.45, 2.75) is 18.9 Å². The zero-order valence-electron chi connectivity index (χ0n) is 10.7. The maximum Gasteiger partial charge on any atom is 0.332 e. The molecule has 0 saturated heterocycles. The third-order valence-electron chi connectivity index (χ3n) is 2.45. The molecule has 0 fully saturated rings. The molecule has 7 heteroatoms. The largest absolute Gasteiger partial charge is 0.490 e. The minimum absolute atomic E-state index is 0.00819. The Labute approximate surface area is 115 Å².